The minimum Gasteiger partial charge on any atom is -0.481 e. The number of carbonyl (C=O) groups excluding carboxylic acids is 1. The second-order valence-electron chi connectivity index (χ2n) is 4.06. The van der Waals surface area contributed by atoms with Gasteiger partial charge in [0.05, 0.1) is 19.6 Å². The number of ether oxygens (including phenoxy) is 2. The summed E-state index contributed by atoms with van der Waals surface area (Å²) in [6.07, 6.45) is -0.0819. The monoisotopic (exact) mass is 247 g/mol. The molecular weight excluding hydrogens is 226 g/mol. The van der Waals surface area contributed by atoms with Crippen LogP contribution in [-0.4, -0.2) is 50.0 Å². The number of hydrogen-bond donors (Lipinski definition) is 2. The maximum Gasteiger partial charge on any atom is 0.305 e. The first-order valence-corrected chi connectivity index (χ1v) is 5.55. The summed E-state index contributed by atoms with van der Waals surface area (Å²) in [5, 5.41) is 11.3. The van der Waals surface area contributed by atoms with Crippen LogP contribution in [-0.2, 0) is 19.1 Å². The molecule has 2 N–H and O–H groups in total. The van der Waals surface area contributed by atoms with E-state index in [9.17, 15) is 9.59 Å². The van der Waals surface area contributed by atoms with E-state index in [1.807, 2.05) is 13.8 Å². The third-order valence-corrected chi connectivity index (χ3v) is 2.21. The fraction of sp³-hybridized carbons (Fsp3) is 0.818. The molecule has 0 heterocycles. The Bertz CT molecular complexity index is 242. The van der Waals surface area contributed by atoms with Gasteiger partial charge < -0.3 is 19.9 Å². The molecule has 0 aromatic heterocycles. The highest BCUT2D eigenvalue weighted by Crippen LogP contribution is 2.05. The van der Waals surface area contributed by atoms with Gasteiger partial charge >= 0.3 is 5.97 Å². The van der Waals surface area contributed by atoms with E-state index < -0.39 is 5.97 Å². The van der Waals surface area contributed by atoms with E-state index >= 15 is 0 Å². The largest absolute Gasteiger partial charge is 0.481 e. The summed E-state index contributed by atoms with van der Waals surface area (Å²) < 4.78 is 9.80. The molecule has 17 heavy (non-hydrogen) atoms. The lowest BCUT2D eigenvalue weighted by Gasteiger charge is -2.20. The lowest BCUT2D eigenvalue weighted by atomic mass is 10.0. The fourth-order valence-electron chi connectivity index (χ4n) is 1.20. The highest BCUT2D eigenvalue weighted by Gasteiger charge is 2.19. The normalized spacial score (nSPS) is 12.5. The van der Waals surface area contributed by atoms with Crippen LogP contribution in [0.15, 0.2) is 0 Å². The molecule has 0 aromatic carbocycles. The van der Waals surface area contributed by atoms with Gasteiger partial charge in [-0.05, 0) is 5.92 Å². The molecular formula is C11H21NO5. The first-order valence-electron chi connectivity index (χ1n) is 5.55. The van der Waals surface area contributed by atoms with Crippen molar-refractivity contribution in [2.24, 2.45) is 5.92 Å². The zero-order valence-corrected chi connectivity index (χ0v) is 10.6. The summed E-state index contributed by atoms with van der Waals surface area (Å²) in [7, 11) is 1.55. The summed E-state index contributed by atoms with van der Waals surface area (Å²) in [6, 6.07) is -0.369. The number of methoxy groups -OCH3 is 1. The van der Waals surface area contributed by atoms with E-state index in [4.69, 9.17) is 14.6 Å². The number of carboxylic acid groups (broad SMARTS) is 1. The van der Waals surface area contributed by atoms with Crippen molar-refractivity contribution in [1.82, 2.24) is 5.32 Å². The maximum atomic E-state index is 11.4. The third kappa shape index (κ3) is 8.65. The molecule has 0 saturated heterocycles. The molecule has 0 fully saturated rings. The second kappa shape index (κ2) is 8.95. The van der Waals surface area contributed by atoms with Crippen LogP contribution in [0.1, 0.15) is 20.3 Å². The Labute approximate surface area is 101 Å². The number of aliphatic carboxylic acids is 1. The molecule has 0 spiro atoms. The number of nitrogens with one attached hydrogen (secondary N) is 1. The quantitative estimate of drug-likeness (QED) is 0.571. The molecule has 0 aliphatic heterocycles. The van der Waals surface area contributed by atoms with E-state index in [1.54, 1.807) is 7.11 Å². The molecule has 0 radical (unpaired) electrons. The van der Waals surface area contributed by atoms with Crippen molar-refractivity contribution in [2.45, 2.75) is 26.3 Å². The number of rotatable bonds is 9. The van der Waals surface area contributed by atoms with E-state index in [0.717, 1.165) is 0 Å². The average Bonchev–Trinajstić information content (AvgIpc) is 2.22. The van der Waals surface area contributed by atoms with Crippen LogP contribution in [0.2, 0.25) is 0 Å². The Morgan fingerprint density at radius 1 is 1.29 bits per heavy atom. The lowest BCUT2D eigenvalue weighted by molar-refractivity contribution is -0.138. The van der Waals surface area contributed by atoms with Crippen molar-refractivity contribution in [1.29, 1.82) is 0 Å². The summed E-state index contributed by atoms with van der Waals surface area (Å²) in [6.45, 7) is 4.41. The SMILES string of the molecule is COCCOCC(=O)NC(CC(=O)O)C(C)C. The molecule has 0 aliphatic carbocycles. The number of carbonyl (C=O) groups is 2. The molecule has 0 bridgehead atoms. The zero-order chi connectivity index (χ0) is 13.3. The number of amides is 1. The Kier molecular flexibility index (Phi) is 8.35. The van der Waals surface area contributed by atoms with Crippen molar-refractivity contribution in [2.75, 3.05) is 26.9 Å². The van der Waals surface area contributed by atoms with Gasteiger partial charge in [0.15, 0.2) is 0 Å². The minimum absolute atomic E-state index is 0.0639. The van der Waals surface area contributed by atoms with Gasteiger partial charge in [0, 0.05) is 13.2 Å². The number of hydrogen-bond acceptors (Lipinski definition) is 4. The van der Waals surface area contributed by atoms with Crippen LogP contribution >= 0.6 is 0 Å². The maximum absolute atomic E-state index is 11.4. The van der Waals surface area contributed by atoms with Crippen LogP contribution in [0.3, 0.4) is 0 Å². The van der Waals surface area contributed by atoms with Gasteiger partial charge in [-0.2, -0.15) is 0 Å². The van der Waals surface area contributed by atoms with Crippen molar-refractivity contribution < 1.29 is 24.2 Å². The van der Waals surface area contributed by atoms with Crippen LogP contribution in [0.25, 0.3) is 0 Å². The highest BCUT2D eigenvalue weighted by atomic mass is 16.5. The molecule has 0 aliphatic rings. The molecule has 0 saturated carbocycles. The Hall–Kier alpha value is -1.14. The fourth-order valence-corrected chi connectivity index (χ4v) is 1.20. The molecule has 1 atom stereocenters. The van der Waals surface area contributed by atoms with Crippen LogP contribution in [0, 0.1) is 5.92 Å². The highest BCUT2D eigenvalue weighted by molar-refractivity contribution is 5.78. The van der Waals surface area contributed by atoms with Crippen LogP contribution in [0.4, 0.5) is 0 Å². The smallest absolute Gasteiger partial charge is 0.305 e. The number of carboxylic acids is 1. The standard InChI is InChI=1S/C11H21NO5/c1-8(2)9(6-11(14)15)12-10(13)7-17-5-4-16-3/h8-9H,4-7H2,1-3H3,(H,12,13)(H,14,15). The molecule has 0 rings (SSSR count). The molecule has 6 nitrogen and oxygen atoms in total. The second-order valence-corrected chi connectivity index (χ2v) is 4.06. The Morgan fingerprint density at radius 3 is 2.41 bits per heavy atom. The molecule has 0 aromatic rings. The first-order chi connectivity index (χ1) is 7.97. The van der Waals surface area contributed by atoms with E-state index in [-0.39, 0.29) is 30.9 Å². The topological polar surface area (TPSA) is 84.9 Å². The van der Waals surface area contributed by atoms with E-state index in [2.05, 4.69) is 5.32 Å². The molecule has 1 amide bonds. The first kappa shape index (κ1) is 15.9. The summed E-state index contributed by atoms with van der Waals surface area (Å²) in [5.41, 5.74) is 0. The predicted octanol–water partition coefficient (Wildman–Crippen LogP) is 0.265. The van der Waals surface area contributed by atoms with Gasteiger partial charge in [0.25, 0.3) is 0 Å². The van der Waals surface area contributed by atoms with Gasteiger partial charge in [0.2, 0.25) is 5.91 Å². The Balaban J connectivity index is 3.91. The average molecular weight is 247 g/mol. The predicted molar refractivity (Wildman–Crippen MR) is 61.7 cm³/mol. The van der Waals surface area contributed by atoms with Gasteiger partial charge in [-0.25, -0.2) is 0 Å². The van der Waals surface area contributed by atoms with Crippen molar-refractivity contribution >= 4 is 11.9 Å². The van der Waals surface area contributed by atoms with Gasteiger partial charge in [-0.1, -0.05) is 13.8 Å². The zero-order valence-electron chi connectivity index (χ0n) is 10.6. The molecule has 100 valence electrons. The van der Waals surface area contributed by atoms with Gasteiger partial charge in [-0.15, -0.1) is 0 Å². The summed E-state index contributed by atoms with van der Waals surface area (Å²) >= 11 is 0. The van der Waals surface area contributed by atoms with E-state index in [1.165, 1.54) is 0 Å². The molecule has 6 heteroatoms. The van der Waals surface area contributed by atoms with Gasteiger partial charge in [0.1, 0.15) is 6.61 Å². The van der Waals surface area contributed by atoms with Crippen molar-refractivity contribution in [3.8, 4) is 0 Å². The van der Waals surface area contributed by atoms with Gasteiger partial charge in [-0.3, -0.25) is 9.59 Å². The summed E-state index contributed by atoms with van der Waals surface area (Å²) in [5.74, 6) is -1.17. The van der Waals surface area contributed by atoms with Crippen LogP contribution in [0.5, 0.6) is 0 Å². The molecule has 1 unspecified atom stereocenters. The van der Waals surface area contributed by atoms with Crippen molar-refractivity contribution in [3.05, 3.63) is 0 Å². The minimum atomic E-state index is -0.927. The third-order valence-electron chi connectivity index (χ3n) is 2.21. The Morgan fingerprint density at radius 2 is 1.94 bits per heavy atom. The van der Waals surface area contributed by atoms with Crippen molar-refractivity contribution in [3.63, 3.8) is 0 Å². The lowest BCUT2D eigenvalue weighted by Crippen LogP contribution is -2.41. The van der Waals surface area contributed by atoms with E-state index in [0.29, 0.717) is 13.2 Å². The van der Waals surface area contributed by atoms with Crippen LogP contribution < -0.4 is 5.32 Å². The summed E-state index contributed by atoms with van der Waals surface area (Å²) in [4.78, 5) is 22.0.